The summed E-state index contributed by atoms with van der Waals surface area (Å²) in [5, 5.41) is 6.76. The molecule has 0 spiro atoms. The lowest BCUT2D eigenvalue weighted by atomic mass is 9.97. The largest absolute Gasteiger partial charge is 0.342 e. The number of likely N-dealkylation sites (tertiary alicyclic amines) is 1. The zero-order chi connectivity index (χ0) is 19.6. The van der Waals surface area contributed by atoms with Crippen molar-refractivity contribution in [1.82, 2.24) is 24.5 Å². The highest BCUT2D eigenvalue weighted by atomic mass is 32.1. The Balaban J connectivity index is 1.35. The van der Waals surface area contributed by atoms with E-state index >= 15 is 0 Å². The minimum absolute atomic E-state index is 0.178. The molecule has 0 aliphatic carbocycles. The number of fused-ring (bicyclic) bond motifs is 1. The quantitative estimate of drug-likeness (QED) is 0.520. The number of pyridine rings is 2. The average Bonchev–Trinajstić information content (AvgIpc) is 3.43. The van der Waals surface area contributed by atoms with Gasteiger partial charge in [0.25, 0.3) is 0 Å². The Kier molecular flexibility index (Phi) is 4.81. The molecule has 1 saturated heterocycles. The molecule has 1 atom stereocenters. The highest BCUT2D eigenvalue weighted by molar-refractivity contribution is 7.10. The Bertz CT molecular complexity index is 1120. The van der Waals surface area contributed by atoms with Crippen molar-refractivity contribution in [1.29, 1.82) is 0 Å². The zero-order valence-corrected chi connectivity index (χ0v) is 16.8. The van der Waals surface area contributed by atoms with Crippen LogP contribution in [-0.4, -0.2) is 43.5 Å². The fourth-order valence-electron chi connectivity index (χ4n) is 3.87. The Morgan fingerprint density at radius 3 is 2.97 bits per heavy atom. The number of hydrogen-bond donors (Lipinski definition) is 0. The van der Waals surface area contributed by atoms with Crippen LogP contribution in [0.2, 0.25) is 0 Å². The third kappa shape index (κ3) is 3.78. The lowest BCUT2D eigenvalue weighted by Crippen LogP contribution is -2.40. The van der Waals surface area contributed by atoms with Gasteiger partial charge in [0.05, 0.1) is 6.42 Å². The van der Waals surface area contributed by atoms with Gasteiger partial charge in [-0.2, -0.15) is 5.10 Å². The summed E-state index contributed by atoms with van der Waals surface area (Å²) in [7, 11) is 0. The van der Waals surface area contributed by atoms with Gasteiger partial charge < -0.3 is 4.90 Å². The van der Waals surface area contributed by atoms with Crippen molar-refractivity contribution in [3.8, 4) is 11.1 Å². The van der Waals surface area contributed by atoms with Crippen molar-refractivity contribution in [2.45, 2.75) is 25.2 Å². The van der Waals surface area contributed by atoms with E-state index in [9.17, 15) is 4.79 Å². The van der Waals surface area contributed by atoms with Gasteiger partial charge in [0.2, 0.25) is 5.91 Å². The number of carbonyl (C=O) groups is 1. The van der Waals surface area contributed by atoms with Crippen LogP contribution in [0, 0.1) is 0 Å². The fraction of sp³-hybridized carbons (Fsp3) is 0.273. The first-order chi connectivity index (χ1) is 14.3. The molecule has 29 heavy (non-hydrogen) atoms. The van der Waals surface area contributed by atoms with Crippen LogP contribution in [0.25, 0.3) is 16.8 Å². The minimum atomic E-state index is 0.178. The summed E-state index contributed by atoms with van der Waals surface area (Å²) < 4.78 is 1.84. The number of amides is 1. The van der Waals surface area contributed by atoms with Gasteiger partial charge in [-0.1, -0.05) is 12.1 Å². The van der Waals surface area contributed by atoms with E-state index in [1.807, 2.05) is 63.6 Å². The molecule has 0 bridgehead atoms. The molecule has 1 aliphatic rings. The van der Waals surface area contributed by atoms with E-state index in [2.05, 4.69) is 4.98 Å². The maximum atomic E-state index is 12.7. The van der Waals surface area contributed by atoms with E-state index in [-0.39, 0.29) is 11.8 Å². The fourth-order valence-corrected chi connectivity index (χ4v) is 4.56. The van der Waals surface area contributed by atoms with Gasteiger partial charge in [-0.25, -0.2) is 9.50 Å². The first kappa shape index (κ1) is 18.0. The molecule has 1 fully saturated rings. The molecular formula is C22H21N5OS. The molecule has 0 radical (unpaired) electrons. The predicted octanol–water partition coefficient (Wildman–Crippen LogP) is 3.80. The number of nitrogens with zero attached hydrogens (tertiary/aromatic N) is 5. The monoisotopic (exact) mass is 403 g/mol. The van der Waals surface area contributed by atoms with E-state index in [1.165, 1.54) is 0 Å². The van der Waals surface area contributed by atoms with Crippen molar-refractivity contribution < 1.29 is 4.79 Å². The third-order valence-electron chi connectivity index (χ3n) is 5.39. The van der Waals surface area contributed by atoms with E-state index < -0.39 is 0 Å². The Hall–Kier alpha value is -3.06. The van der Waals surface area contributed by atoms with Gasteiger partial charge in [-0.3, -0.25) is 9.78 Å². The van der Waals surface area contributed by atoms with Gasteiger partial charge in [-0.15, -0.1) is 11.3 Å². The van der Waals surface area contributed by atoms with E-state index in [0.717, 1.165) is 46.9 Å². The molecule has 0 saturated carbocycles. The van der Waals surface area contributed by atoms with Crippen LogP contribution in [-0.2, 0) is 11.2 Å². The molecule has 1 unspecified atom stereocenters. The zero-order valence-electron chi connectivity index (χ0n) is 15.9. The van der Waals surface area contributed by atoms with Crippen LogP contribution in [0.5, 0.6) is 0 Å². The molecule has 0 aromatic carbocycles. The summed E-state index contributed by atoms with van der Waals surface area (Å²) in [6.45, 7) is 1.51. The molecule has 5 heterocycles. The second-order valence-electron chi connectivity index (χ2n) is 7.37. The maximum absolute atomic E-state index is 12.7. The lowest BCUT2D eigenvalue weighted by molar-refractivity contribution is -0.131. The predicted molar refractivity (Wildman–Crippen MR) is 113 cm³/mol. The second-order valence-corrected chi connectivity index (χ2v) is 8.40. The second kappa shape index (κ2) is 7.75. The number of rotatable bonds is 4. The molecule has 4 aromatic heterocycles. The van der Waals surface area contributed by atoms with Gasteiger partial charge in [0.1, 0.15) is 0 Å². The number of aromatic nitrogens is 4. The van der Waals surface area contributed by atoms with Gasteiger partial charge in [-0.05, 0) is 42.5 Å². The first-order valence-electron chi connectivity index (χ1n) is 9.83. The lowest BCUT2D eigenvalue weighted by Gasteiger charge is -2.31. The van der Waals surface area contributed by atoms with E-state index in [4.69, 9.17) is 10.1 Å². The summed E-state index contributed by atoms with van der Waals surface area (Å²) in [6, 6.07) is 12.0. The number of hydrogen-bond acceptors (Lipinski definition) is 5. The van der Waals surface area contributed by atoms with Crippen molar-refractivity contribution in [3.05, 3.63) is 71.1 Å². The number of carbonyl (C=O) groups excluding carboxylic acids is 1. The Morgan fingerprint density at radius 2 is 2.14 bits per heavy atom. The summed E-state index contributed by atoms with van der Waals surface area (Å²) >= 11 is 1.63. The first-order valence-corrected chi connectivity index (χ1v) is 10.7. The van der Waals surface area contributed by atoms with Crippen molar-refractivity contribution in [2.75, 3.05) is 13.1 Å². The molecule has 1 amide bonds. The van der Waals surface area contributed by atoms with Crippen molar-refractivity contribution >= 4 is 22.9 Å². The Labute approximate surface area is 172 Å². The number of thiophene rings is 1. The standard InChI is InChI=1S/C22H21N5OS/c28-21(12-19-6-3-11-29-19)26-10-2-5-18(14-26)22-24-20-8-7-17(15-27(20)25-22)16-4-1-9-23-13-16/h1,3-4,6-9,11,13,15,18H,2,5,10,12,14H2. The highest BCUT2D eigenvalue weighted by Crippen LogP contribution is 2.27. The summed E-state index contributed by atoms with van der Waals surface area (Å²) in [5.41, 5.74) is 2.93. The van der Waals surface area contributed by atoms with Crippen LogP contribution >= 0.6 is 11.3 Å². The molecule has 1 aliphatic heterocycles. The summed E-state index contributed by atoms with van der Waals surface area (Å²) in [4.78, 5) is 24.7. The highest BCUT2D eigenvalue weighted by Gasteiger charge is 2.27. The molecule has 6 nitrogen and oxygen atoms in total. The minimum Gasteiger partial charge on any atom is -0.342 e. The van der Waals surface area contributed by atoms with Crippen LogP contribution in [0.4, 0.5) is 0 Å². The van der Waals surface area contributed by atoms with E-state index in [1.54, 1.807) is 17.5 Å². The Morgan fingerprint density at radius 1 is 1.17 bits per heavy atom. The van der Waals surface area contributed by atoms with Gasteiger partial charge >= 0.3 is 0 Å². The van der Waals surface area contributed by atoms with Crippen LogP contribution in [0.1, 0.15) is 29.5 Å². The number of piperidine rings is 1. The van der Waals surface area contributed by atoms with Crippen molar-refractivity contribution in [2.24, 2.45) is 0 Å². The molecule has 0 N–H and O–H groups in total. The molecule has 5 rings (SSSR count). The van der Waals surface area contributed by atoms with Gasteiger partial charge in [0.15, 0.2) is 11.5 Å². The van der Waals surface area contributed by atoms with Gasteiger partial charge in [0, 0.05) is 53.6 Å². The van der Waals surface area contributed by atoms with Crippen molar-refractivity contribution in [3.63, 3.8) is 0 Å². The summed E-state index contributed by atoms with van der Waals surface area (Å²) in [5.74, 6) is 1.19. The van der Waals surface area contributed by atoms with Crippen LogP contribution < -0.4 is 0 Å². The normalized spacial score (nSPS) is 17.0. The SMILES string of the molecule is O=C(Cc1cccs1)N1CCCC(c2nc3ccc(-c4cccnc4)cn3n2)C1. The van der Waals surface area contributed by atoms with Crippen LogP contribution in [0.15, 0.2) is 60.4 Å². The summed E-state index contributed by atoms with van der Waals surface area (Å²) in [6.07, 6.45) is 8.08. The maximum Gasteiger partial charge on any atom is 0.227 e. The smallest absolute Gasteiger partial charge is 0.227 e. The average molecular weight is 404 g/mol. The topological polar surface area (TPSA) is 63.4 Å². The molecule has 4 aromatic rings. The molecule has 146 valence electrons. The molecule has 7 heteroatoms. The third-order valence-corrected chi connectivity index (χ3v) is 6.26. The van der Waals surface area contributed by atoms with Crippen LogP contribution in [0.3, 0.4) is 0 Å². The van der Waals surface area contributed by atoms with E-state index in [0.29, 0.717) is 13.0 Å². The molecular weight excluding hydrogens is 382 g/mol.